The highest BCUT2D eigenvalue weighted by Gasteiger charge is 2.22. The van der Waals surface area contributed by atoms with Crippen molar-refractivity contribution in [3.05, 3.63) is 57.2 Å². The van der Waals surface area contributed by atoms with Gasteiger partial charge in [0.25, 0.3) is 0 Å². The lowest BCUT2D eigenvalue weighted by Gasteiger charge is -2.20. The molecule has 0 aliphatic heterocycles. The lowest BCUT2D eigenvalue weighted by Crippen LogP contribution is -2.04. The van der Waals surface area contributed by atoms with Crippen LogP contribution < -0.4 is 0 Å². The molecule has 0 radical (unpaired) electrons. The zero-order valence-electron chi connectivity index (χ0n) is 9.57. The number of alkyl halides is 1. The van der Waals surface area contributed by atoms with Crippen LogP contribution in [0.2, 0.25) is 4.34 Å². The molecule has 0 saturated carbocycles. The Kier molecular flexibility index (Phi) is 4.49. The molecule has 2 unspecified atom stereocenters. The normalized spacial score (nSPS) is 14.5. The summed E-state index contributed by atoms with van der Waals surface area (Å²) in [5.41, 5.74) is 1.29. The minimum Gasteiger partial charge on any atom is -0.127 e. The molecule has 1 heterocycles. The minimum absolute atomic E-state index is 0.0000926. The molecule has 0 spiro atoms. The first-order valence-corrected chi connectivity index (χ1v) is 7.29. The van der Waals surface area contributed by atoms with Crippen molar-refractivity contribution in [3.63, 3.8) is 0 Å². The molecule has 0 saturated heterocycles. The van der Waals surface area contributed by atoms with Gasteiger partial charge in [0.2, 0.25) is 0 Å². The van der Waals surface area contributed by atoms with Crippen LogP contribution in [0.15, 0.2) is 42.5 Å². The summed E-state index contributed by atoms with van der Waals surface area (Å²) in [6.45, 7) is 2.17. The summed E-state index contributed by atoms with van der Waals surface area (Å²) in [5, 5.41) is -0.0000926. The van der Waals surface area contributed by atoms with E-state index in [0.717, 1.165) is 15.6 Å². The van der Waals surface area contributed by atoms with Crippen molar-refractivity contribution in [1.82, 2.24) is 0 Å². The first-order valence-electron chi connectivity index (χ1n) is 5.66. The third-order valence-electron chi connectivity index (χ3n) is 2.89. The van der Waals surface area contributed by atoms with Gasteiger partial charge in [-0.15, -0.1) is 22.9 Å². The molecule has 2 aromatic rings. The van der Waals surface area contributed by atoms with Gasteiger partial charge in [0.1, 0.15) is 0 Å². The van der Waals surface area contributed by atoms with Crippen LogP contribution in [-0.4, -0.2) is 0 Å². The highest BCUT2D eigenvalue weighted by Crippen LogP contribution is 2.42. The maximum Gasteiger partial charge on any atom is 0.0931 e. The molecule has 0 fully saturated rings. The van der Waals surface area contributed by atoms with Crippen LogP contribution in [0.3, 0.4) is 0 Å². The van der Waals surface area contributed by atoms with Crippen LogP contribution in [0, 0.1) is 0 Å². The van der Waals surface area contributed by atoms with Gasteiger partial charge in [-0.2, -0.15) is 0 Å². The third kappa shape index (κ3) is 3.04. The van der Waals surface area contributed by atoms with Crippen molar-refractivity contribution >= 4 is 34.5 Å². The quantitative estimate of drug-likeness (QED) is 0.616. The summed E-state index contributed by atoms with van der Waals surface area (Å²) >= 11 is 14.1. The molecular formula is C14H14Cl2S. The Morgan fingerprint density at radius 3 is 2.35 bits per heavy atom. The molecule has 2 atom stereocenters. The van der Waals surface area contributed by atoms with E-state index in [4.69, 9.17) is 23.2 Å². The van der Waals surface area contributed by atoms with E-state index < -0.39 is 0 Å². The number of hydrogen-bond acceptors (Lipinski definition) is 1. The largest absolute Gasteiger partial charge is 0.127 e. The fourth-order valence-electron chi connectivity index (χ4n) is 1.99. The zero-order chi connectivity index (χ0) is 12.3. The van der Waals surface area contributed by atoms with Crippen LogP contribution in [-0.2, 0) is 0 Å². The maximum atomic E-state index is 6.57. The monoisotopic (exact) mass is 284 g/mol. The van der Waals surface area contributed by atoms with Gasteiger partial charge in [-0.05, 0) is 24.1 Å². The molecule has 17 heavy (non-hydrogen) atoms. The van der Waals surface area contributed by atoms with Gasteiger partial charge in [0.05, 0.1) is 9.71 Å². The predicted molar refractivity (Wildman–Crippen MR) is 77.4 cm³/mol. The Morgan fingerprint density at radius 2 is 1.82 bits per heavy atom. The average Bonchev–Trinajstić information content (AvgIpc) is 2.78. The lowest BCUT2D eigenvalue weighted by molar-refractivity contribution is 0.647. The molecule has 0 N–H and O–H groups in total. The smallest absolute Gasteiger partial charge is 0.0931 e. The first-order chi connectivity index (χ1) is 8.22. The van der Waals surface area contributed by atoms with Gasteiger partial charge in [0, 0.05) is 10.8 Å². The lowest BCUT2D eigenvalue weighted by atomic mass is 9.92. The predicted octanol–water partition coefficient (Wildman–Crippen LogP) is 5.88. The molecule has 0 nitrogen and oxygen atoms in total. The van der Waals surface area contributed by atoms with E-state index in [9.17, 15) is 0 Å². The number of benzene rings is 1. The summed E-state index contributed by atoms with van der Waals surface area (Å²) < 4.78 is 0.800. The topological polar surface area (TPSA) is 0 Å². The van der Waals surface area contributed by atoms with E-state index in [2.05, 4.69) is 31.2 Å². The highest BCUT2D eigenvalue weighted by atomic mass is 35.5. The van der Waals surface area contributed by atoms with Gasteiger partial charge in [0.15, 0.2) is 0 Å². The number of halogens is 2. The fraction of sp³-hybridized carbons (Fsp3) is 0.286. The second kappa shape index (κ2) is 5.90. The van der Waals surface area contributed by atoms with E-state index in [1.807, 2.05) is 18.2 Å². The summed E-state index contributed by atoms with van der Waals surface area (Å²) in [7, 11) is 0. The van der Waals surface area contributed by atoms with Gasteiger partial charge >= 0.3 is 0 Å². The summed E-state index contributed by atoms with van der Waals surface area (Å²) in [5.74, 6) is 0.340. The van der Waals surface area contributed by atoms with Crippen LogP contribution in [0.1, 0.15) is 35.1 Å². The molecule has 0 aliphatic carbocycles. The molecule has 0 aliphatic rings. The van der Waals surface area contributed by atoms with E-state index in [0.29, 0.717) is 5.92 Å². The third-order valence-corrected chi connectivity index (χ3v) is 4.87. The van der Waals surface area contributed by atoms with Crippen LogP contribution in [0.25, 0.3) is 0 Å². The summed E-state index contributed by atoms with van der Waals surface area (Å²) in [4.78, 5) is 1.15. The van der Waals surface area contributed by atoms with Gasteiger partial charge in [-0.3, -0.25) is 0 Å². The molecule has 0 bridgehead atoms. The summed E-state index contributed by atoms with van der Waals surface area (Å²) in [6, 6.07) is 14.4. The van der Waals surface area contributed by atoms with Crippen molar-refractivity contribution < 1.29 is 0 Å². The Labute approximate surface area is 116 Å². The molecule has 0 amide bonds. The summed E-state index contributed by atoms with van der Waals surface area (Å²) in [6.07, 6.45) is 1.02. The van der Waals surface area contributed by atoms with Gasteiger partial charge < -0.3 is 0 Å². The molecule has 3 heteroatoms. The van der Waals surface area contributed by atoms with Gasteiger partial charge in [-0.25, -0.2) is 0 Å². The molecular weight excluding hydrogens is 271 g/mol. The van der Waals surface area contributed by atoms with Crippen LogP contribution in [0.5, 0.6) is 0 Å². The van der Waals surface area contributed by atoms with Gasteiger partial charge in [-0.1, -0.05) is 48.9 Å². The highest BCUT2D eigenvalue weighted by molar-refractivity contribution is 7.16. The Morgan fingerprint density at radius 1 is 1.12 bits per heavy atom. The Balaban J connectivity index is 2.25. The van der Waals surface area contributed by atoms with E-state index in [1.54, 1.807) is 11.3 Å². The standard InChI is InChI=1S/C14H14Cl2S/c1-2-11(10-6-4-3-5-7-10)14(16)12-8-9-13(15)17-12/h3-9,11,14H,2H2,1H3. The first kappa shape index (κ1) is 12.9. The fourth-order valence-corrected chi connectivity index (χ4v) is 3.62. The maximum absolute atomic E-state index is 6.57. The van der Waals surface area contributed by atoms with Crippen molar-refractivity contribution in [2.24, 2.45) is 0 Å². The zero-order valence-corrected chi connectivity index (χ0v) is 11.9. The molecule has 1 aromatic carbocycles. The number of thiophene rings is 1. The van der Waals surface area contributed by atoms with E-state index in [-0.39, 0.29) is 5.38 Å². The second-order valence-corrected chi connectivity index (χ2v) is 6.19. The second-order valence-electron chi connectivity index (χ2n) is 3.97. The van der Waals surface area contributed by atoms with Crippen molar-refractivity contribution in [3.8, 4) is 0 Å². The SMILES string of the molecule is CCC(c1ccccc1)C(Cl)c1ccc(Cl)s1. The van der Waals surface area contributed by atoms with E-state index in [1.165, 1.54) is 5.56 Å². The molecule has 90 valence electrons. The van der Waals surface area contributed by atoms with Crippen LogP contribution >= 0.6 is 34.5 Å². The van der Waals surface area contributed by atoms with Crippen molar-refractivity contribution in [2.75, 3.05) is 0 Å². The Hall–Kier alpha value is -0.500. The van der Waals surface area contributed by atoms with Crippen molar-refractivity contribution in [1.29, 1.82) is 0 Å². The molecule has 2 rings (SSSR count). The van der Waals surface area contributed by atoms with E-state index >= 15 is 0 Å². The number of rotatable bonds is 4. The minimum atomic E-state index is -0.0000926. The van der Waals surface area contributed by atoms with Crippen molar-refractivity contribution in [2.45, 2.75) is 24.6 Å². The van der Waals surface area contributed by atoms with Crippen LogP contribution in [0.4, 0.5) is 0 Å². The average molecular weight is 285 g/mol. The molecule has 1 aromatic heterocycles. The number of hydrogen-bond donors (Lipinski definition) is 0. The Bertz CT molecular complexity index is 464.